The summed E-state index contributed by atoms with van der Waals surface area (Å²) in [4.78, 5) is 16.7. The molecule has 0 saturated carbocycles. The Bertz CT molecular complexity index is 791. The Hall–Kier alpha value is -2.52. The highest BCUT2D eigenvalue weighted by molar-refractivity contribution is 5.38. The van der Waals surface area contributed by atoms with Gasteiger partial charge in [0.15, 0.2) is 0 Å². The number of aromatic nitrogens is 2. The summed E-state index contributed by atoms with van der Waals surface area (Å²) in [6.45, 7) is 1.49. The lowest BCUT2D eigenvalue weighted by Gasteiger charge is -2.17. The highest BCUT2D eigenvalue weighted by Gasteiger charge is 2.16. The maximum Gasteiger partial charge on any atom is 0.257 e. The van der Waals surface area contributed by atoms with Crippen LogP contribution in [0.4, 0.5) is 4.39 Å². The minimum absolute atomic E-state index is 0.116. The fourth-order valence-electron chi connectivity index (χ4n) is 2.49. The zero-order valence-corrected chi connectivity index (χ0v) is 11.3. The Morgan fingerprint density at radius 1 is 1.48 bits per heavy atom. The maximum absolute atomic E-state index is 13.3. The summed E-state index contributed by atoms with van der Waals surface area (Å²) < 4.78 is 14.8. The van der Waals surface area contributed by atoms with Crippen molar-refractivity contribution in [1.29, 1.82) is 5.26 Å². The molecule has 5 nitrogen and oxygen atoms in total. The van der Waals surface area contributed by atoms with Crippen molar-refractivity contribution in [3.05, 3.63) is 63.1 Å². The first-order chi connectivity index (χ1) is 10.2. The summed E-state index contributed by atoms with van der Waals surface area (Å²) >= 11 is 0. The molecule has 3 rings (SSSR count). The van der Waals surface area contributed by atoms with Crippen LogP contribution in [-0.4, -0.2) is 16.1 Å². The van der Waals surface area contributed by atoms with Gasteiger partial charge < -0.3 is 5.32 Å². The molecule has 0 aliphatic carbocycles. The maximum atomic E-state index is 13.3. The molecule has 106 valence electrons. The van der Waals surface area contributed by atoms with Crippen LogP contribution in [0.2, 0.25) is 0 Å². The van der Waals surface area contributed by atoms with E-state index in [0.717, 1.165) is 12.2 Å². The molecular formula is C15H13FN4O. The first-order valence-corrected chi connectivity index (χ1v) is 6.65. The third-order valence-electron chi connectivity index (χ3n) is 3.59. The molecule has 0 spiro atoms. The van der Waals surface area contributed by atoms with Crippen LogP contribution in [0.25, 0.3) is 0 Å². The van der Waals surface area contributed by atoms with Crippen LogP contribution < -0.4 is 10.9 Å². The molecule has 2 aromatic rings. The average Bonchev–Trinajstić information content (AvgIpc) is 2.51. The van der Waals surface area contributed by atoms with Crippen LogP contribution in [-0.2, 0) is 19.5 Å². The average molecular weight is 284 g/mol. The molecule has 0 radical (unpaired) electrons. The van der Waals surface area contributed by atoms with E-state index in [1.165, 1.54) is 29.1 Å². The van der Waals surface area contributed by atoms with Gasteiger partial charge in [0.05, 0.1) is 30.2 Å². The lowest BCUT2D eigenvalue weighted by molar-refractivity contribution is 0.593. The number of nitrogens with zero attached hydrogens (tertiary/aromatic N) is 3. The zero-order chi connectivity index (χ0) is 14.8. The second-order valence-electron chi connectivity index (χ2n) is 4.94. The van der Waals surface area contributed by atoms with E-state index in [0.29, 0.717) is 29.7 Å². The minimum atomic E-state index is -0.424. The monoisotopic (exact) mass is 284 g/mol. The third kappa shape index (κ3) is 2.56. The number of hydrogen-bond acceptors (Lipinski definition) is 4. The van der Waals surface area contributed by atoms with Crippen molar-refractivity contribution in [2.45, 2.75) is 19.5 Å². The van der Waals surface area contributed by atoms with E-state index >= 15 is 0 Å². The molecule has 2 heterocycles. The molecule has 21 heavy (non-hydrogen) atoms. The lowest BCUT2D eigenvalue weighted by atomic mass is 10.1. The van der Waals surface area contributed by atoms with Gasteiger partial charge in [-0.15, -0.1) is 0 Å². The molecule has 1 aliphatic heterocycles. The number of nitriles is 1. The van der Waals surface area contributed by atoms with E-state index < -0.39 is 5.82 Å². The number of rotatable bonds is 2. The minimum Gasteiger partial charge on any atom is -0.311 e. The van der Waals surface area contributed by atoms with Gasteiger partial charge in [-0.05, 0) is 36.7 Å². The van der Waals surface area contributed by atoms with Crippen molar-refractivity contribution < 1.29 is 4.39 Å². The number of hydrogen-bond donors (Lipinski definition) is 1. The molecule has 0 unspecified atom stereocenters. The highest BCUT2D eigenvalue weighted by atomic mass is 19.1. The number of benzene rings is 1. The van der Waals surface area contributed by atoms with Crippen LogP contribution in [0.1, 0.15) is 22.4 Å². The van der Waals surface area contributed by atoms with Crippen LogP contribution in [0, 0.1) is 17.1 Å². The van der Waals surface area contributed by atoms with Crippen LogP contribution in [0.15, 0.2) is 29.3 Å². The SMILES string of the molecule is N#Cc1ccc(F)cc1Cn1cnc2c(c1=O)CCNC2. The van der Waals surface area contributed by atoms with Gasteiger partial charge in [0, 0.05) is 12.1 Å². The van der Waals surface area contributed by atoms with Crippen LogP contribution in [0.3, 0.4) is 0 Å². The summed E-state index contributed by atoms with van der Waals surface area (Å²) in [5.41, 5.74) is 2.20. The van der Waals surface area contributed by atoms with Crippen LogP contribution in [0.5, 0.6) is 0 Å². The summed E-state index contributed by atoms with van der Waals surface area (Å²) in [6, 6.07) is 5.96. The number of nitrogens with one attached hydrogen (secondary N) is 1. The van der Waals surface area contributed by atoms with Crippen LogP contribution >= 0.6 is 0 Å². The van der Waals surface area contributed by atoms with Gasteiger partial charge in [-0.25, -0.2) is 9.37 Å². The van der Waals surface area contributed by atoms with E-state index in [4.69, 9.17) is 5.26 Å². The Balaban J connectivity index is 2.02. The van der Waals surface area contributed by atoms with E-state index in [9.17, 15) is 9.18 Å². The second-order valence-corrected chi connectivity index (χ2v) is 4.94. The Morgan fingerprint density at radius 3 is 3.14 bits per heavy atom. The van der Waals surface area contributed by atoms with Crippen molar-refractivity contribution in [3.63, 3.8) is 0 Å². The highest BCUT2D eigenvalue weighted by Crippen LogP contribution is 2.12. The summed E-state index contributed by atoms with van der Waals surface area (Å²) in [5.74, 6) is -0.424. The van der Waals surface area contributed by atoms with Gasteiger partial charge in [-0.3, -0.25) is 9.36 Å². The first-order valence-electron chi connectivity index (χ1n) is 6.65. The quantitative estimate of drug-likeness (QED) is 0.891. The standard InChI is InChI=1S/C15H13FN4O/c16-12-2-1-10(6-17)11(5-12)8-20-9-19-14-7-18-4-3-13(14)15(20)21/h1-2,5,9,18H,3-4,7-8H2. The molecule has 1 aromatic carbocycles. The molecule has 1 N–H and O–H groups in total. The van der Waals surface area contributed by atoms with E-state index in [1.807, 2.05) is 6.07 Å². The lowest BCUT2D eigenvalue weighted by Crippen LogP contribution is -2.34. The summed E-state index contributed by atoms with van der Waals surface area (Å²) in [5, 5.41) is 12.2. The molecule has 0 bridgehead atoms. The fourth-order valence-corrected chi connectivity index (χ4v) is 2.49. The normalized spacial score (nSPS) is 13.5. The van der Waals surface area contributed by atoms with Crippen molar-refractivity contribution in [2.24, 2.45) is 0 Å². The molecule has 6 heteroatoms. The third-order valence-corrected chi connectivity index (χ3v) is 3.59. The Kier molecular flexibility index (Phi) is 3.50. The molecule has 0 saturated heterocycles. The molecule has 0 fully saturated rings. The van der Waals surface area contributed by atoms with Gasteiger partial charge in [-0.2, -0.15) is 5.26 Å². The van der Waals surface area contributed by atoms with E-state index in [1.54, 1.807) is 0 Å². The van der Waals surface area contributed by atoms with Gasteiger partial charge in [0.25, 0.3) is 5.56 Å². The second kappa shape index (κ2) is 5.46. The van der Waals surface area contributed by atoms with Crippen molar-refractivity contribution in [1.82, 2.24) is 14.9 Å². The first kappa shape index (κ1) is 13.5. The van der Waals surface area contributed by atoms with Gasteiger partial charge >= 0.3 is 0 Å². The van der Waals surface area contributed by atoms with Crippen molar-refractivity contribution in [3.8, 4) is 6.07 Å². The molecule has 1 aromatic heterocycles. The summed E-state index contributed by atoms with van der Waals surface area (Å²) in [6.07, 6.45) is 2.09. The smallest absolute Gasteiger partial charge is 0.257 e. The van der Waals surface area contributed by atoms with E-state index in [2.05, 4.69) is 10.3 Å². The Labute approximate surface area is 120 Å². The predicted octanol–water partition coefficient (Wildman–Crippen LogP) is 0.948. The molecule has 1 aliphatic rings. The van der Waals surface area contributed by atoms with Crippen molar-refractivity contribution >= 4 is 0 Å². The van der Waals surface area contributed by atoms with E-state index in [-0.39, 0.29) is 12.1 Å². The van der Waals surface area contributed by atoms with Gasteiger partial charge in [0.2, 0.25) is 0 Å². The molecular weight excluding hydrogens is 271 g/mol. The predicted molar refractivity (Wildman–Crippen MR) is 74.1 cm³/mol. The number of fused-ring (bicyclic) bond motifs is 1. The zero-order valence-electron chi connectivity index (χ0n) is 11.3. The summed E-state index contributed by atoms with van der Waals surface area (Å²) in [7, 11) is 0. The largest absolute Gasteiger partial charge is 0.311 e. The molecule has 0 atom stereocenters. The Morgan fingerprint density at radius 2 is 2.33 bits per heavy atom. The van der Waals surface area contributed by atoms with Gasteiger partial charge in [0.1, 0.15) is 5.82 Å². The topological polar surface area (TPSA) is 70.7 Å². The van der Waals surface area contributed by atoms with Crippen molar-refractivity contribution in [2.75, 3.05) is 6.54 Å². The number of halogens is 1. The van der Waals surface area contributed by atoms with Gasteiger partial charge in [-0.1, -0.05) is 0 Å². The molecule has 0 amide bonds. The fraction of sp³-hybridized carbons (Fsp3) is 0.267.